The maximum atomic E-state index is 12.0. The summed E-state index contributed by atoms with van der Waals surface area (Å²) in [7, 11) is 0. The highest BCUT2D eigenvalue weighted by Gasteiger charge is 2.28. The first-order valence-electron chi connectivity index (χ1n) is 6.96. The van der Waals surface area contributed by atoms with Crippen LogP contribution in [0.25, 0.3) is 0 Å². The Balaban J connectivity index is 2.32. The minimum Gasteiger partial charge on any atom is -0.460 e. The summed E-state index contributed by atoms with van der Waals surface area (Å²) < 4.78 is 10.7. The predicted molar refractivity (Wildman–Crippen MR) is 76.2 cm³/mol. The van der Waals surface area contributed by atoms with Gasteiger partial charge in [0.05, 0.1) is 12.3 Å². The van der Waals surface area contributed by atoms with E-state index in [0.29, 0.717) is 30.1 Å². The van der Waals surface area contributed by atoms with Crippen LogP contribution >= 0.6 is 0 Å². The van der Waals surface area contributed by atoms with E-state index in [0.717, 1.165) is 24.8 Å². The van der Waals surface area contributed by atoms with Gasteiger partial charge < -0.3 is 14.9 Å². The largest absolute Gasteiger partial charge is 0.460 e. The maximum Gasteiger partial charge on any atom is 0.374 e. The number of urea groups is 1. The molecule has 0 unspecified atom stereocenters. The van der Waals surface area contributed by atoms with Gasteiger partial charge in [-0.15, -0.1) is 0 Å². The number of aryl methyl sites for hydroxylation is 1. The van der Waals surface area contributed by atoms with Crippen molar-refractivity contribution in [3.63, 3.8) is 0 Å². The van der Waals surface area contributed by atoms with Crippen molar-refractivity contribution in [1.82, 2.24) is 5.43 Å². The Kier molecular flexibility index (Phi) is 4.62. The van der Waals surface area contributed by atoms with Crippen molar-refractivity contribution in [2.24, 2.45) is 10.8 Å². The van der Waals surface area contributed by atoms with Gasteiger partial charge in [-0.1, -0.05) is 6.92 Å². The molecule has 1 aromatic rings. The van der Waals surface area contributed by atoms with Crippen molar-refractivity contribution in [3.8, 4) is 0 Å². The zero-order valence-electron chi connectivity index (χ0n) is 12.2. The number of esters is 1. The molecule has 1 aliphatic carbocycles. The van der Waals surface area contributed by atoms with Crippen molar-refractivity contribution in [2.45, 2.75) is 39.5 Å². The number of ether oxygens (including phenoxy) is 1. The van der Waals surface area contributed by atoms with Gasteiger partial charge in [0, 0.05) is 17.5 Å². The Labute approximate surface area is 122 Å². The molecule has 114 valence electrons. The molecule has 0 aliphatic heterocycles. The summed E-state index contributed by atoms with van der Waals surface area (Å²) in [6, 6.07) is -0.724. The topological polar surface area (TPSA) is 107 Å². The number of rotatable bonds is 4. The second-order valence-electron chi connectivity index (χ2n) is 4.88. The summed E-state index contributed by atoms with van der Waals surface area (Å²) in [4.78, 5) is 22.7. The van der Waals surface area contributed by atoms with E-state index in [-0.39, 0.29) is 5.76 Å². The van der Waals surface area contributed by atoms with E-state index in [1.54, 1.807) is 6.92 Å². The lowest BCUT2D eigenvalue weighted by molar-refractivity contribution is 0.0465. The highest BCUT2D eigenvalue weighted by atomic mass is 16.5. The second-order valence-corrected chi connectivity index (χ2v) is 4.88. The normalized spacial score (nSPS) is 15.6. The van der Waals surface area contributed by atoms with Crippen LogP contribution in [-0.2, 0) is 11.2 Å². The quantitative estimate of drug-likeness (QED) is 0.652. The van der Waals surface area contributed by atoms with Gasteiger partial charge in [0.15, 0.2) is 0 Å². The van der Waals surface area contributed by atoms with Gasteiger partial charge >= 0.3 is 12.0 Å². The molecule has 3 N–H and O–H groups in total. The fraction of sp³-hybridized carbons (Fsp3) is 0.500. The highest BCUT2D eigenvalue weighted by molar-refractivity contribution is 6.06. The zero-order valence-corrected chi connectivity index (χ0v) is 12.2. The number of fused-ring (bicyclic) bond motifs is 1. The average molecular weight is 293 g/mol. The van der Waals surface area contributed by atoms with Crippen LogP contribution in [-0.4, -0.2) is 24.3 Å². The molecule has 0 spiro atoms. The van der Waals surface area contributed by atoms with Crippen molar-refractivity contribution in [2.75, 3.05) is 6.61 Å². The molecule has 0 bridgehead atoms. The summed E-state index contributed by atoms with van der Waals surface area (Å²) in [6.07, 6.45) is 3.01. The molecule has 7 nitrogen and oxygen atoms in total. The predicted octanol–water partition coefficient (Wildman–Crippen LogP) is 1.86. The lowest BCUT2D eigenvalue weighted by Gasteiger charge is -2.12. The van der Waals surface area contributed by atoms with E-state index >= 15 is 0 Å². The van der Waals surface area contributed by atoms with Crippen LogP contribution in [0.4, 0.5) is 4.79 Å². The first-order chi connectivity index (χ1) is 10.0. The average Bonchev–Trinajstić information content (AvgIpc) is 2.80. The highest BCUT2D eigenvalue weighted by Crippen LogP contribution is 2.30. The Hall–Kier alpha value is -2.31. The third kappa shape index (κ3) is 3.24. The van der Waals surface area contributed by atoms with E-state index < -0.39 is 12.0 Å². The molecule has 2 amide bonds. The van der Waals surface area contributed by atoms with Crippen molar-refractivity contribution >= 4 is 17.7 Å². The minimum atomic E-state index is -0.724. The molecular formula is C14H19N3O4. The Bertz CT molecular complexity index is 589. The fourth-order valence-electron chi connectivity index (χ4n) is 2.36. The fourth-order valence-corrected chi connectivity index (χ4v) is 2.36. The summed E-state index contributed by atoms with van der Waals surface area (Å²) in [5, 5.41) is 4.00. The Morgan fingerprint density at radius 1 is 1.43 bits per heavy atom. The number of furan rings is 1. The van der Waals surface area contributed by atoms with E-state index in [1.165, 1.54) is 0 Å². The van der Waals surface area contributed by atoms with Gasteiger partial charge in [0.1, 0.15) is 5.76 Å². The van der Waals surface area contributed by atoms with E-state index in [1.807, 2.05) is 6.92 Å². The number of primary amides is 1. The van der Waals surface area contributed by atoms with E-state index in [9.17, 15) is 9.59 Å². The van der Waals surface area contributed by atoms with Crippen LogP contribution in [0.3, 0.4) is 0 Å². The summed E-state index contributed by atoms with van der Waals surface area (Å²) in [5.41, 5.74) is 9.39. The van der Waals surface area contributed by atoms with Crippen LogP contribution in [0.2, 0.25) is 0 Å². The molecule has 0 saturated heterocycles. The van der Waals surface area contributed by atoms with Gasteiger partial charge in [-0.25, -0.2) is 15.0 Å². The second kappa shape index (κ2) is 6.43. The molecular weight excluding hydrogens is 274 g/mol. The molecule has 1 aromatic heterocycles. The van der Waals surface area contributed by atoms with Gasteiger partial charge in [0.25, 0.3) is 0 Å². The molecule has 21 heavy (non-hydrogen) atoms. The molecule has 7 heteroatoms. The SMILES string of the molecule is CCCOC(=O)c1oc2c(c1C)/C(=N/NC(N)=O)CCC2. The molecule has 0 aromatic carbocycles. The number of hydrogen-bond acceptors (Lipinski definition) is 5. The first kappa shape index (κ1) is 15.1. The maximum absolute atomic E-state index is 12.0. The number of hydrogen-bond donors (Lipinski definition) is 2. The minimum absolute atomic E-state index is 0.210. The summed E-state index contributed by atoms with van der Waals surface area (Å²) >= 11 is 0. The molecule has 0 radical (unpaired) electrons. The summed E-state index contributed by atoms with van der Waals surface area (Å²) in [5.74, 6) is 0.445. The first-order valence-corrected chi connectivity index (χ1v) is 6.96. The van der Waals surface area contributed by atoms with Crippen LogP contribution in [0.5, 0.6) is 0 Å². The van der Waals surface area contributed by atoms with E-state index in [4.69, 9.17) is 14.9 Å². The van der Waals surface area contributed by atoms with Crippen molar-refractivity contribution < 1.29 is 18.7 Å². The molecule has 0 saturated carbocycles. The number of hydrazone groups is 1. The lowest BCUT2D eigenvalue weighted by atomic mass is 9.93. The molecule has 1 heterocycles. The number of carbonyl (C=O) groups is 2. The van der Waals surface area contributed by atoms with Crippen molar-refractivity contribution in [3.05, 3.63) is 22.6 Å². The van der Waals surface area contributed by atoms with Crippen LogP contribution in [0.15, 0.2) is 9.52 Å². The monoisotopic (exact) mass is 293 g/mol. The number of nitrogens with two attached hydrogens (primary N) is 1. The van der Waals surface area contributed by atoms with Gasteiger partial charge in [-0.3, -0.25) is 0 Å². The Morgan fingerprint density at radius 3 is 2.86 bits per heavy atom. The third-order valence-corrected chi connectivity index (χ3v) is 3.25. The lowest BCUT2D eigenvalue weighted by Crippen LogP contribution is -2.27. The Morgan fingerprint density at radius 2 is 2.19 bits per heavy atom. The molecule has 2 rings (SSSR count). The number of nitrogens with zero attached hydrogens (tertiary/aromatic N) is 1. The van der Waals surface area contributed by atoms with Gasteiger partial charge in [-0.2, -0.15) is 5.10 Å². The van der Waals surface area contributed by atoms with Crippen LogP contribution in [0.1, 0.15) is 53.6 Å². The standard InChI is InChI=1S/C14H19N3O4/c1-3-7-20-13(18)12-8(2)11-9(16-17-14(15)19)5-4-6-10(11)21-12/h3-7H2,1-2H3,(H3,15,17,19)/b16-9+. The molecule has 1 aliphatic rings. The number of carbonyl (C=O) groups excluding carboxylic acids is 2. The van der Waals surface area contributed by atoms with Crippen LogP contribution in [0, 0.1) is 6.92 Å². The van der Waals surface area contributed by atoms with Crippen LogP contribution < -0.4 is 11.2 Å². The third-order valence-electron chi connectivity index (χ3n) is 3.25. The van der Waals surface area contributed by atoms with Gasteiger partial charge in [0.2, 0.25) is 5.76 Å². The summed E-state index contributed by atoms with van der Waals surface area (Å²) in [6.45, 7) is 4.07. The van der Waals surface area contributed by atoms with E-state index in [2.05, 4.69) is 10.5 Å². The smallest absolute Gasteiger partial charge is 0.374 e. The zero-order chi connectivity index (χ0) is 15.4. The number of amides is 2. The van der Waals surface area contributed by atoms with Gasteiger partial charge in [-0.05, 0) is 26.2 Å². The molecule has 0 atom stereocenters. The number of nitrogens with one attached hydrogen (secondary N) is 1. The molecule has 0 fully saturated rings. The van der Waals surface area contributed by atoms with Crippen molar-refractivity contribution in [1.29, 1.82) is 0 Å².